The number of nitrogens with one attached hydrogen (secondary N) is 2. The molecule has 2 heterocycles. The SMILES string of the molecule is NC(=O)c1c(C(=O)Nc2ccc(NC(=O)c3ccccc3Cl)cc2)ncn1CCN1CCC1. The van der Waals surface area contributed by atoms with Crippen LogP contribution in [0.4, 0.5) is 11.4 Å². The number of hydrogen-bond donors (Lipinski definition) is 3. The van der Waals surface area contributed by atoms with Crippen LogP contribution in [0.25, 0.3) is 0 Å². The molecule has 1 saturated heterocycles. The Labute approximate surface area is 195 Å². The molecule has 0 aliphatic carbocycles. The topological polar surface area (TPSA) is 122 Å². The lowest BCUT2D eigenvalue weighted by atomic mass is 10.2. The maximum atomic E-state index is 12.8. The highest BCUT2D eigenvalue weighted by Gasteiger charge is 2.23. The van der Waals surface area contributed by atoms with Crippen LogP contribution in [-0.4, -0.2) is 51.8 Å². The van der Waals surface area contributed by atoms with Crippen LogP contribution in [0, 0.1) is 0 Å². The summed E-state index contributed by atoms with van der Waals surface area (Å²) >= 11 is 6.06. The van der Waals surface area contributed by atoms with E-state index in [1.54, 1.807) is 53.1 Å². The Kier molecular flexibility index (Phi) is 6.71. The maximum absolute atomic E-state index is 12.8. The lowest BCUT2D eigenvalue weighted by molar-refractivity contribution is 0.0966. The smallest absolute Gasteiger partial charge is 0.276 e. The first-order chi connectivity index (χ1) is 15.9. The molecular formula is C23H23ClN6O3. The first kappa shape index (κ1) is 22.5. The maximum Gasteiger partial charge on any atom is 0.276 e. The molecule has 1 aliphatic heterocycles. The molecule has 4 rings (SSSR count). The second-order valence-corrected chi connectivity index (χ2v) is 8.07. The summed E-state index contributed by atoms with van der Waals surface area (Å²) in [6, 6.07) is 13.3. The van der Waals surface area contributed by atoms with Gasteiger partial charge in [-0.05, 0) is 55.9 Å². The van der Waals surface area contributed by atoms with Crippen molar-refractivity contribution in [2.75, 3.05) is 30.3 Å². The van der Waals surface area contributed by atoms with E-state index in [0.717, 1.165) is 19.6 Å². The zero-order valence-corrected chi connectivity index (χ0v) is 18.5. The Hall–Kier alpha value is -3.69. The molecule has 1 aliphatic rings. The van der Waals surface area contributed by atoms with Crippen LogP contribution >= 0.6 is 11.6 Å². The van der Waals surface area contributed by atoms with Gasteiger partial charge in [-0.25, -0.2) is 4.98 Å². The van der Waals surface area contributed by atoms with Gasteiger partial charge in [-0.1, -0.05) is 23.7 Å². The second-order valence-electron chi connectivity index (χ2n) is 7.66. The second kappa shape index (κ2) is 9.85. The van der Waals surface area contributed by atoms with Gasteiger partial charge in [0.15, 0.2) is 5.69 Å². The van der Waals surface area contributed by atoms with Crippen molar-refractivity contribution in [2.24, 2.45) is 5.73 Å². The number of benzene rings is 2. The first-order valence-electron chi connectivity index (χ1n) is 10.5. The van der Waals surface area contributed by atoms with Gasteiger partial charge < -0.3 is 25.8 Å². The fraction of sp³-hybridized carbons (Fsp3) is 0.217. The zero-order chi connectivity index (χ0) is 23.4. The minimum atomic E-state index is -0.709. The number of imidazole rings is 1. The largest absolute Gasteiger partial charge is 0.364 e. The third kappa shape index (κ3) is 5.21. The number of nitrogens with two attached hydrogens (primary N) is 1. The van der Waals surface area contributed by atoms with Gasteiger partial charge in [0, 0.05) is 24.5 Å². The summed E-state index contributed by atoms with van der Waals surface area (Å²) in [5.74, 6) is -1.59. The van der Waals surface area contributed by atoms with Gasteiger partial charge in [-0.2, -0.15) is 0 Å². The van der Waals surface area contributed by atoms with Crippen LogP contribution in [0.1, 0.15) is 37.8 Å². The highest BCUT2D eigenvalue weighted by molar-refractivity contribution is 6.34. The molecule has 33 heavy (non-hydrogen) atoms. The summed E-state index contributed by atoms with van der Waals surface area (Å²) in [4.78, 5) is 43.5. The van der Waals surface area contributed by atoms with E-state index in [4.69, 9.17) is 17.3 Å². The molecule has 3 amide bonds. The van der Waals surface area contributed by atoms with Gasteiger partial charge in [0.25, 0.3) is 17.7 Å². The van der Waals surface area contributed by atoms with Crippen molar-refractivity contribution in [1.82, 2.24) is 14.5 Å². The number of amides is 3. The van der Waals surface area contributed by atoms with Crippen molar-refractivity contribution in [2.45, 2.75) is 13.0 Å². The average molecular weight is 467 g/mol. The molecule has 10 heteroatoms. The number of halogens is 1. The minimum Gasteiger partial charge on any atom is -0.364 e. The van der Waals surface area contributed by atoms with Gasteiger partial charge in [-0.3, -0.25) is 14.4 Å². The normalized spacial score (nSPS) is 13.2. The molecule has 0 atom stereocenters. The van der Waals surface area contributed by atoms with E-state index in [0.29, 0.717) is 28.5 Å². The Bertz CT molecular complexity index is 1190. The number of primary amides is 1. The average Bonchev–Trinajstić information content (AvgIpc) is 3.19. The first-order valence-corrected chi connectivity index (χ1v) is 10.8. The fourth-order valence-corrected chi connectivity index (χ4v) is 3.72. The minimum absolute atomic E-state index is 0.0257. The monoisotopic (exact) mass is 466 g/mol. The van der Waals surface area contributed by atoms with E-state index < -0.39 is 11.8 Å². The van der Waals surface area contributed by atoms with Gasteiger partial charge in [0.1, 0.15) is 5.69 Å². The molecule has 4 N–H and O–H groups in total. The number of rotatable bonds is 8. The van der Waals surface area contributed by atoms with Crippen LogP contribution in [0.3, 0.4) is 0 Å². The molecule has 9 nitrogen and oxygen atoms in total. The molecule has 0 spiro atoms. The van der Waals surface area contributed by atoms with Crippen molar-refractivity contribution in [3.8, 4) is 0 Å². The lowest BCUT2D eigenvalue weighted by Gasteiger charge is -2.30. The molecule has 0 saturated carbocycles. The number of aromatic nitrogens is 2. The highest BCUT2D eigenvalue weighted by Crippen LogP contribution is 2.19. The van der Waals surface area contributed by atoms with E-state index in [2.05, 4.69) is 20.5 Å². The lowest BCUT2D eigenvalue weighted by Crippen LogP contribution is -2.39. The quantitative estimate of drug-likeness (QED) is 0.471. The third-order valence-corrected chi connectivity index (χ3v) is 5.74. The molecular weight excluding hydrogens is 444 g/mol. The summed E-state index contributed by atoms with van der Waals surface area (Å²) < 4.78 is 1.61. The summed E-state index contributed by atoms with van der Waals surface area (Å²) in [5, 5.41) is 5.82. The Morgan fingerprint density at radius 2 is 1.58 bits per heavy atom. The molecule has 170 valence electrons. The Morgan fingerprint density at radius 3 is 2.15 bits per heavy atom. The van der Waals surface area contributed by atoms with Crippen LogP contribution in [0.5, 0.6) is 0 Å². The van der Waals surface area contributed by atoms with E-state index in [1.807, 2.05) is 0 Å². The van der Waals surface area contributed by atoms with E-state index in [1.165, 1.54) is 12.7 Å². The highest BCUT2D eigenvalue weighted by atomic mass is 35.5. The van der Waals surface area contributed by atoms with Gasteiger partial charge in [-0.15, -0.1) is 0 Å². The van der Waals surface area contributed by atoms with Gasteiger partial charge in [0.05, 0.1) is 16.9 Å². The standard InChI is InChI=1S/C23H23ClN6O3/c24-18-5-2-1-4-17(18)22(32)27-15-6-8-16(9-7-15)28-23(33)19-20(21(25)31)30(14-26-19)13-12-29-10-3-11-29/h1-2,4-9,14H,3,10-13H2,(H2,25,31)(H,27,32)(H,28,33). The molecule has 2 aromatic carbocycles. The fourth-order valence-electron chi connectivity index (χ4n) is 3.50. The molecule has 0 bridgehead atoms. The summed E-state index contributed by atoms with van der Waals surface area (Å²) in [5.41, 5.74) is 6.95. The van der Waals surface area contributed by atoms with E-state index in [-0.39, 0.29) is 17.3 Å². The summed E-state index contributed by atoms with van der Waals surface area (Å²) in [7, 11) is 0. The van der Waals surface area contributed by atoms with Crippen molar-refractivity contribution in [1.29, 1.82) is 0 Å². The zero-order valence-electron chi connectivity index (χ0n) is 17.8. The van der Waals surface area contributed by atoms with Crippen molar-refractivity contribution >= 4 is 40.7 Å². The molecule has 0 radical (unpaired) electrons. The van der Waals surface area contributed by atoms with Crippen LogP contribution in [0.15, 0.2) is 54.9 Å². The predicted molar refractivity (Wildman–Crippen MR) is 126 cm³/mol. The molecule has 1 fully saturated rings. The van der Waals surface area contributed by atoms with Crippen molar-refractivity contribution < 1.29 is 14.4 Å². The van der Waals surface area contributed by atoms with Crippen molar-refractivity contribution in [3.05, 3.63) is 76.8 Å². The third-order valence-electron chi connectivity index (χ3n) is 5.41. The number of carbonyl (C=O) groups excluding carboxylic acids is 3. The molecule has 0 unspecified atom stereocenters. The molecule has 3 aromatic rings. The van der Waals surface area contributed by atoms with Crippen LogP contribution < -0.4 is 16.4 Å². The Balaban J connectivity index is 1.41. The number of nitrogens with zero attached hydrogens (tertiary/aromatic N) is 3. The summed E-state index contributed by atoms with van der Waals surface area (Å²) in [6.07, 6.45) is 2.63. The summed E-state index contributed by atoms with van der Waals surface area (Å²) in [6.45, 7) is 3.35. The van der Waals surface area contributed by atoms with Gasteiger partial charge in [0.2, 0.25) is 0 Å². The number of hydrogen-bond acceptors (Lipinski definition) is 5. The van der Waals surface area contributed by atoms with Crippen LogP contribution in [-0.2, 0) is 6.54 Å². The number of carbonyl (C=O) groups is 3. The Morgan fingerprint density at radius 1 is 0.939 bits per heavy atom. The predicted octanol–water partition coefficient (Wildman–Crippen LogP) is 2.85. The van der Waals surface area contributed by atoms with E-state index in [9.17, 15) is 14.4 Å². The van der Waals surface area contributed by atoms with Gasteiger partial charge >= 0.3 is 0 Å². The number of anilines is 2. The van der Waals surface area contributed by atoms with E-state index >= 15 is 0 Å². The van der Waals surface area contributed by atoms with Crippen LogP contribution in [0.2, 0.25) is 5.02 Å². The molecule has 1 aromatic heterocycles. The number of likely N-dealkylation sites (tertiary alicyclic amines) is 1. The van der Waals surface area contributed by atoms with Crippen molar-refractivity contribution in [3.63, 3.8) is 0 Å².